The van der Waals surface area contributed by atoms with E-state index in [0.29, 0.717) is 0 Å². The average Bonchev–Trinajstić information content (AvgIpc) is 2.48. The van der Waals surface area contributed by atoms with Crippen LogP contribution in [0.5, 0.6) is 0 Å². The number of rotatable bonds is 5. The van der Waals surface area contributed by atoms with Crippen LogP contribution in [-0.2, 0) is 12.8 Å². The summed E-state index contributed by atoms with van der Waals surface area (Å²) in [5, 5.41) is 3.27. The Kier molecular flexibility index (Phi) is 4.79. The topological polar surface area (TPSA) is 12.0 Å². The van der Waals surface area contributed by atoms with Crippen molar-refractivity contribution in [3.05, 3.63) is 77.4 Å². The highest BCUT2D eigenvalue weighted by molar-refractivity contribution is 5.66. The van der Waals surface area contributed by atoms with E-state index in [9.17, 15) is 0 Å². The van der Waals surface area contributed by atoms with Gasteiger partial charge in [-0.15, -0.1) is 0 Å². The molecule has 2 aromatic carbocycles. The lowest BCUT2D eigenvalue weighted by Crippen LogP contribution is -2.07. The lowest BCUT2D eigenvalue weighted by atomic mass is 9.98. The van der Waals surface area contributed by atoms with Crippen LogP contribution in [0.15, 0.2) is 60.7 Å². The van der Waals surface area contributed by atoms with E-state index in [1.807, 2.05) is 7.05 Å². The van der Waals surface area contributed by atoms with E-state index < -0.39 is 0 Å². The average molecular weight is 251 g/mol. The molecule has 0 radical (unpaired) electrons. The number of hydrogen-bond donors (Lipinski definition) is 1. The molecule has 19 heavy (non-hydrogen) atoms. The Labute approximate surface area is 116 Å². The second-order valence-corrected chi connectivity index (χ2v) is 4.60. The van der Waals surface area contributed by atoms with Gasteiger partial charge in [0, 0.05) is 18.3 Å². The quantitative estimate of drug-likeness (QED) is 0.845. The van der Waals surface area contributed by atoms with Crippen LogP contribution in [0.3, 0.4) is 0 Å². The van der Waals surface area contributed by atoms with E-state index in [4.69, 9.17) is 0 Å². The summed E-state index contributed by atoms with van der Waals surface area (Å²) in [6, 6.07) is 19.3. The van der Waals surface area contributed by atoms with Gasteiger partial charge in [-0.1, -0.05) is 60.7 Å². The van der Waals surface area contributed by atoms with Crippen LogP contribution in [0.1, 0.15) is 23.6 Å². The minimum absolute atomic E-state index is 1.07. The Morgan fingerprint density at radius 2 is 1.63 bits per heavy atom. The second kappa shape index (κ2) is 6.79. The minimum Gasteiger partial charge on any atom is -0.388 e. The number of allylic oxidation sites excluding steroid dienone is 1. The Hall–Kier alpha value is -2.02. The fourth-order valence-corrected chi connectivity index (χ4v) is 2.36. The van der Waals surface area contributed by atoms with Gasteiger partial charge in [0.2, 0.25) is 0 Å². The second-order valence-electron chi connectivity index (χ2n) is 4.60. The molecular weight excluding hydrogens is 230 g/mol. The van der Waals surface area contributed by atoms with E-state index in [2.05, 4.69) is 72.9 Å². The first-order chi connectivity index (χ1) is 9.35. The van der Waals surface area contributed by atoms with Gasteiger partial charge in [0.15, 0.2) is 0 Å². The fraction of sp³-hybridized carbons (Fsp3) is 0.222. The van der Waals surface area contributed by atoms with Crippen molar-refractivity contribution in [2.75, 3.05) is 7.05 Å². The van der Waals surface area contributed by atoms with Gasteiger partial charge < -0.3 is 5.32 Å². The summed E-state index contributed by atoms with van der Waals surface area (Å²) in [7, 11) is 1.98. The molecule has 0 heterocycles. The molecule has 0 unspecified atom stereocenters. The molecule has 1 nitrogen and oxygen atoms in total. The third kappa shape index (κ3) is 3.47. The third-order valence-corrected chi connectivity index (χ3v) is 3.39. The van der Waals surface area contributed by atoms with Crippen LogP contribution in [0.25, 0.3) is 5.70 Å². The molecule has 0 fully saturated rings. The summed E-state index contributed by atoms with van der Waals surface area (Å²) >= 11 is 0. The van der Waals surface area contributed by atoms with Crippen molar-refractivity contribution in [3.63, 3.8) is 0 Å². The van der Waals surface area contributed by atoms with E-state index in [1.54, 1.807) is 0 Å². The maximum Gasteiger partial charge on any atom is 0.0370 e. The molecule has 2 rings (SSSR count). The zero-order valence-electron chi connectivity index (χ0n) is 11.7. The molecule has 0 saturated carbocycles. The number of benzene rings is 2. The first-order valence-corrected chi connectivity index (χ1v) is 6.81. The van der Waals surface area contributed by atoms with E-state index in [0.717, 1.165) is 12.8 Å². The Morgan fingerprint density at radius 1 is 0.947 bits per heavy atom. The van der Waals surface area contributed by atoms with Gasteiger partial charge in [-0.25, -0.2) is 0 Å². The van der Waals surface area contributed by atoms with E-state index in [-0.39, 0.29) is 0 Å². The maximum atomic E-state index is 3.27. The predicted molar refractivity (Wildman–Crippen MR) is 83.0 cm³/mol. The van der Waals surface area contributed by atoms with Crippen LogP contribution in [0, 0.1) is 0 Å². The largest absolute Gasteiger partial charge is 0.388 e. The lowest BCUT2D eigenvalue weighted by Gasteiger charge is -2.12. The van der Waals surface area contributed by atoms with Crippen LogP contribution < -0.4 is 5.32 Å². The summed E-state index contributed by atoms with van der Waals surface area (Å²) in [6.45, 7) is 2.07. The van der Waals surface area contributed by atoms with Gasteiger partial charge in [-0.2, -0.15) is 0 Å². The van der Waals surface area contributed by atoms with Crippen molar-refractivity contribution in [1.29, 1.82) is 0 Å². The molecule has 1 N–H and O–H groups in total. The Morgan fingerprint density at radius 3 is 2.32 bits per heavy atom. The molecular formula is C18H21N. The standard InChI is InChI=1S/C18H21N/c1-3-18(19-2)17-12-8-7-11-16(17)14-13-15-9-5-4-6-10-15/h3-12,19H,13-14H2,1-2H3/b18-3-. The molecule has 0 aliphatic heterocycles. The molecule has 0 saturated heterocycles. The van der Waals surface area contributed by atoms with Crippen LogP contribution in [0.2, 0.25) is 0 Å². The predicted octanol–water partition coefficient (Wildman–Crippen LogP) is 4.05. The maximum absolute atomic E-state index is 3.27. The zero-order chi connectivity index (χ0) is 13.5. The molecule has 98 valence electrons. The highest BCUT2D eigenvalue weighted by Gasteiger charge is 2.05. The van der Waals surface area contributed by atoms with Crippen molar-refractivity contribution in [1.82, 2.24) is 5.32 Å². The van der Waals surface area contributed by atoms with Gasteiger partial charge in [0.25, 0.3) is 0 Å². The van der Waals surface area contributed by atoms with Crippen molar-refractivity contribution in [2.24, 2.45) is 0 Å². The number of nitrogens with one attached hydrogen (secondary N) is 1. The highest BCUT2D eigenvalue weighted by Crippen LogP contribution is 2.18. The smallest absolute Gasteiger partial charge is 0.0370 e. The first kappa shape index (κ1) is 13.4. The summed E-state index contributed by atoms with van der Waals surface area (Å²) in [5.74, 6) is 0. The Bertz CT molecular complexity index is 541. The summed E-state index contributed by atoms with van der Waals surface area (Å²) in [4.78, 5) is 0. The van der Waals surface area contributed by atoms with Gasteiger partial charge in [-0.3, -0.25) is 0 Å². The lowest BCUT2D eigenvalue weighted by molar-refractivity contribution is 0.950. The monoisotopic (exact) mass is 251 g/mol. The van der Waals surface area contributed by atoms with E-state index >= 15 is 0 Å². The van der Waals surface area contributed by atoms with Crippen LogP contribution in [-0.4, -0.2) is 7.05 Å². The zero-order valence-corrected chi connectivity index (χ0v) is 11.7. The van der Waals surface area contributed by atoms with Gasteiger partial charge in [-0.05, 0) is 30.9 Å². The SMILES string of the molecule is C/C=C(\NC)c1ccccc1CCc1ccccc1. The normalized spacial score (nSPS) is 11.4. The highest BCUT2D eigenvalue weighted by atomic mass is 14.8. The van der Waals surface area contributed by atoms with Crippen molar-refractivity contribution in [3.8, 4) is 0 Å². The van der Waals surface area contributed by atoms with Crippen LogP contribution >= 0.6 is 0 Å². The van der Waals surface area contributed by atoms with Gasteiger partial charge >= 0.3 is 0 Å². The number of hydrogen-bond acceptors (Lipinski definition) is 1. The molecule has 1 heteroatoms. The Balaban J connectivity index is 2.17. The fourth-order valence-electron chi connectivity index (χ4n) is 2.36. The molecule has 0 aliphatic carbocycles. The molecule has 0 aromatic heterocycles. The van der Waals surface area contributed by atoms with Crippen LogP contribution in [0.4, 0.5) is 0 Å². The van der Waals surface area contributed by atoms with Crippen molar-refractivity contribution >= 4 is 5.70 Å². The molecule has 0 atom stereocenters. The third-order valence-electron chi connectivity index (χ3n) is 3.39. The van der Waals surface area contributed by atoms with Gasteiger partial charge in [0.1, 0.15) is 0 Å². The summed E-state index contributed by atoms with van der Waals surface area (Å²) < 4.78 is 0. The van der Waals surface area contributed by atoms with Crippen molar-refractivity contribution < 1.29 is 0 Å². The molecule has 0 aliphatic rings. The minimum atomic E-state index is 1.07. The molecule has 2 aromatic rings. The first-order valence-electron chi connectivity index (χ1n) is 6.81. The van der Waals surface area contributed by atoms with E-state index in [1.165, 1.54) is 22.4 Å². The summed E-state index contributed by atoms with van der Waals surface area (Å²) in [6.07, 6.45) is 4.28. The molecule has 0 spiro atoms. The molecule has 0 bridgehead atoms. The molecule has 0 amide bonds. The van der Waals surface area contributed by atoms with Gasteiger partial charge in [0.05, 0.1) is 0 Å². The summed E-state index contributed by atoms with van der Waals surface area (Å²) in [5.41, 5.74) is 5.30. The number of aryl methyl sites for hydroxylation is 2. The van der Waals surface area contributed by atoms with Crippen molar-refractivity contribution in [2.45, 2.75) is 19.8 Å².